The number of hydrogen-bond acceptors (Lipinski definition) is 2. The van der Waals surface area contributed by atoms with E-state index in [1.165, 1.54) is 0 Å². The van der Waals surface area contributed by atoms with Crippen molar-refractivity contribution in [3.05, 3.63) is 0 Å². The Balaban J connectivity index is 1.40. The lowest BCUT2D eigenvalue weighted by Gasteiger charge is -2.37. The molecule has 3 saturated carbocycles. The first-order valence-electron chi connectivity index (χ1n) is 7.81. The summed E-state index contributed by atoms with van der Waals surface area (Å²) in [6.07, 6.45) is 5.68. The lowest BCUT2D eigenvalue weighted by Crippen LogP contribution is -2.44. The van der Waals surface area contributed by atoms with Crippen molar-refractivity contribution in [2.24, 2.45) is 29.4 Å². The predicted molar refractivity (Wildman–Crippen MR) is 72.2 cm³/mol. The largest absolute Gasteiger partial charge is 0.356 e. The molecule has 1 amide bonds. The predicted octanol–water partition coefficient (Wildman–Crippen LogP) is 2.00. The van der Waals surface area contributed by atoms with Gasteiger partial charge in [-0.15, -0.1) is 0 Å². The number of nitrogens with two attached hydrogens (primary N) is 1. The summed E-state index contributed by atoms with van der Waals surface area (Å²) in [4.78, 5) is 12.2. The highest BCUT2D eigenvalue weighted by Gasteiger charge is 2.47. The van der Waals surface area contributed by atoms with Gasteiger partial charge in [0.2, 0.25) is 5.91 Å². The summed E-state index contributed by atoms with van der Waals surface area (Å²) in [7, 11) is 0. The third-order valence-electron chi connectivity index (χ3n) is 5.59. The standard InChI is InChI=1S/C15H25FN2O/c16-12-3-1-9(2-4-12)8-18-15(19)11-5-10-7-14(17)13(10)6-11/h9-14H,1-8,17H2,(H,18,19)/t9?,10-,11?,12?,13-,14+/m0/s1. The topological polar surface area (TPSA) is 55.1 Å². The van der Waals surface area contributed by atoms with Crippen LogP contribution >= 0.6 is 0 Å². The van der Waals surface area contributed by atoms with E-state index < -0.39 is 6.17 Å². The minimum absolute atomic E-state index is 0.182. The van der Waals surface area contributed by atoms with Gasteiger partial charge in [-0.3, -0.25) is 4.79 Å². The van der Waals surface area contributed by atoms with Crippen LogP contribution in [0.15, 0.2) is 0 Å². The molecule has 4 heteroatoms. The van der Waals surface area contributed by atoms with Crippen LogP contribution < -0.4 is 11.1 Å². The van der Waals surface area contributed by atoms with E-state index in [0.717, 1.165) is 38.6 Å². The monoisotopic (exact) mass is 268 g/mol. The molecule has 0 radical (unpaired) electrons. The number of amides is 1. The zero-order valence-corrected chi connectivity index (χ0v) is 11.5. The molecule has 0 aliphatic heterocycles. The van der Waals surface area contributed by atoms with Crippen molar-refractivity contribution in [2.75, 3.05) is 6.54 Å². The van der Waals surface area contributed by atoms with Crippen molar-refractivity contribution in [1.82, 2.24) is 5.32 Å². The molecule has 3 fully saturated rings. The zero-order chi connectivity index (χ0) is 13.4. The van der Waals surface area contributed by atoms with Gasteiger partial charge in [0.1, 0.15) is 6.17 Å². The quantitative estimate of drug-likeness (QED) is 0.822. The van der Waals surface area contributed by atoms with E-state index in [1.807, 2.05) is 0 Å². The first kappa shape index (κ1) is 13.3. The first-order chi connectivity index (χ1) is 9.13. The van der Waals surface area contributed by atoms with Crippen LogP contribution in [0, 0.1) is 23.7 Å². The van der Waals surface area contributed by atoms with Gasteiger partial charge >= 0.3 is 0 Å². The number of halogens is 1. The Kier molecular flexibility index (Phi) is 3.79. The molecular formula is C15H25FN2O. The number of carbonyl (C=O) groups excluding carboxylic acids is 1. The molecule has 0 saturated heterocycles. The maximum absolute atomic E-state index is 13.0. The number of nitrogens with one attached hydrogen (secondary N) is 1. The zero-order valence-electron chi connectivity index (χ0n) is 11.5. The van der Waals surface area contributed by atoms with E-state index in [9.17, 15) is 9.18 Å². The third-order valence-corrected chi connectivity index (χ3v) is 5.59. The van der Waals surface area contributed by atoms with Gasteiger partial charge in [0.15, 0.2) is 0 Å². The van der Waals surface area contributed by atoms with Gasteiger partial charge in [-0.1, -0.05) is 0 Å². The molecule has 1 unspecified atom stereocenters. The van der Waals surface area contributed by atoms with Gasteiger partial charge in [-0.05, 0) is 62.7 Å². The fourth-order valence-electron chi connectivity index (χ4n) is 4.21. The molecule has 3 N–H and O–H groups in total. The Morgan fingerprint density at radius 3 is 2.53 bits per heavy atom. The SMILES string of the molecule is N[C@@H]1C[C@@H]2CC(C(=O)NCC3CCC(F)CC3)C[C@@H]21. The van der Waals surface area contributed by atoms with Gasteiger partial charge in [-0.2, -0.15) is 0 Å². The molecule has 0 spiro atoms. The summed E-state index contributed by atoms with van der Waals surface area (Å²) < 4.78 is 13.0. The molecule has 0 bridgehead atoms. The van der Waals surface area contributed by atoms with Gasteiger partial charge < -0.3 is 11.1 Å². The summed E-state index contributed by atoms with van der Waals surface area (Å²) >= 11 is 0. The van der Waals surface area contributed by atoms with Crippen molar-refractivity contribution >= 4 is 5.91 Å². The van der Waals surface area contributed by atoms with Crippen molar-refractivity contribution < 1.29 is 9.18 Å². The number of fused-ring (bicyclic) bond motifs is 1. The van der Waals surface area contributed by atoms with Crippen LogP contribution in [0.2, 0.25) is 0 Å². The minimum Gasteiger partial charge on any atom is -0.356 e. The van der Waals surface area contributed by atoms with E-state index in [1.54, 1.807) is 0 Å². The Hall–Kier alpha value is -0.640. The molecule has 0 aromatic rings. The average Bonchev–Trinajstić information content (AvgIpc) is 2.75. The molecular weight excluding hydrogens is 243 g/mol. The molecule has 3 nitrogen and oxygen atoms in total. The normalized spacial score (nSPS) is 45.4. The fourth-order valence-corrected chi connectivity index (χ4v) is 4.21. The molecule has 0 heterocycles. The van der Waals surface area contributed by atoms with Crippen LogP contribution in [-0.4, -0.2) is 24.7 Å². The van der Waals surface area contributed by atoms with E-state index in [0.29, 0.717) is 36.6 Å². The van der Waals surface area contributed by atoms with E-state index in [4.69, 9.17) is 5.73 Å². The van der Waals surface area contributed by atoms with Crippen molar-refractivity contribution in [2.45, 2.75) is 57.2 Å². The molecule has 3 aliphatic rings. The van der Waals surface area contributed by atoms with Crippen molar-refractivity contribution in [1.29, 1.82) is 0 Å². The number of alkyl halides is 1. The van der Waals surface area contributed by atoms with E-state index in [2.05, 4.69) is 5.32 Å². The van der Waals surface area contributed by atoms with Gasteiger partial charge in [0, 0.05) is 18.5 Å². The van der Waals surface area contributed by atoms with Crippen LogP contribution in [-0.2, 0) is 4.79 Å². The second-order valence-electron chi connectivity index (χ2n) is 6.85. The molecule has 108 valence electrons. The molecule has 19 heavy (non-hydrogen) atoms. The first-order valence-corrected chi connectivity index (χ1v) is 7.81. The van der Waals surface area contributed by atoms with Crippen molar-refractivity contribution in [3.8, 4) is 0 Å². The van der Waals surface area contributed by atoms with E-state index >= 15 is 0 Å². The highest BCUT2D eigenvalue weighted by molar-refractivity contribution is 5.79. The molecule has 0 aromatic heterocycles. The Morgan fingerprint density at radius 2 is 1.89 bits per heavy atom. The summed E-state index contributed by atoms with van der Waals surface area (Å²) in [6.45, 7) is 0.740. The van der Waals surface area contributed by atoms with Gasteiger partial charge in [-0.25, -0.2) is 4.39 Å². The maximum atomic E-state index is 13.0. The molecule has 4 atom stereocenters. The smallest absolute Gasteiger partial charge is 0.223 e. The summed E-state index contributed by atoms with van der Waals surface area (Å²) in [5, 5.41) is 3.09. The van der Waals surface area contributed by atoms with Crippen LogP contribution in [0.4, 0.5) is 4.39 Å². The van der Waals surface area contributed by atoms with E-state index in [-0.39, 0.29) is 11.8 Å². The molecule has 0 aromatic carbocycles. The molecule has 3 rings (SSSR count). The Labute approximate surface area is 114 Å². The summed E-state index contributed by atoms with van der Waals surface area (Å²) in [6, 6.07) is 0.336. The lowest BCUT2D eigenvalue weighted by atomic mass is 9.72. The number of rotatable bonds is 3. The fraction of sp³-hybridized carbons (Fsp3) is 0.933. The second-order valence-corrected chi connectivity index (χ2v) is 6.85. The summed E-state index contributed by atoms with van der Waals surface area (Å²) in [5.41, 5.74) is 5.96. The van der Waals surface area contributed by atoms with Crippen LogP contribution in [0.5, 0.6) is 0 Å². The second kappa shape index (κ2) is 5.39. The van der Waals surface area contributed by atoms with Crippen molar-refractivity contribution in [3.63, 3.8) is 0 Å². The van der Waals surface area contributed by atoms with Crippen LogP contribution in [0.1, 0.15) is 44.9 Å². The Morgan fingerprint density at radius 1 is 1.16 bits per heavy atom. The van der Waals surface area contributed by atoms with Gasteiger partial charge in [0.25, 0.3) is 0 Å². The summed E-state index contributed by atoms with van der Waals surface area (Å²) in [5.74, 6) is 2.17. The van der Waals surface area contributed by atoms with Crippen LogP contribution in [0.25, 0.3) is 0 Å². The lowest BCUT2D eigenvalue weighted by molar-refractivity contribution is -0.125. The number of carbonyl (C=O) groups is 1. The van der Waals surface area contributed by atoms with Gasteiger partial charge in [0.05, 0.1) is 0 Å². The average molecular weight is 268 g/mol. The number of hydrogen-bond donors (Lipinski definition) is 2. The maximum Gasteiger partial charge on any atom is 0.223 e. The highest BCUT2D eigenvalue weighted by Crippen LogP contribution is 2.48. The van der Waals surface area contributed by atoms with Crippen LogP contribution in [0.3, 0.4) is 0 Å². The minimum atomic E-state index is -0.612. The molecule has 3 aliphatic carbocycles. The highest BCUT2D eigenvalue weighted by atomic mass is 19.1. The third kappa shape index (κ3) is 2.78. The Bertz CT molecular complexity index is 341.